The van der Waals surface area contributed by atoms with Crippen molar-refractivity contribution in [1.82, 2.24) is 5.32 Å². The zero-order valence-corrected chi connectivity index (χ0v) is 13.9. The van der Waals surface area contributed by atoms with Crippen LogP contribution in [-0.4, -0.2) is 27.5 Å². The average Bonchev–Trinajstić information content (AvgIpc) is 2.75. The number of benzene rings is 2. The summed E-state index contributed by atoms with van der Waals surface area (Å²) in [4.78, 5) is 0.221. The van der Waals surface area contributed by atoms with E-state index in [1.807, 2.05) is 6.07 Å². The smallest absolute Gasteiger partial charge is 0.206 e. The van der Waals surface area contributed by atoms with E-state index in [1.54, 1.807) is 12.1 Å². The molecule has 6 heteroatoms. The Hall–Kier alpha value is -1.92. The maximum absolute atomic E-state index is 13.4. The zero-order valence-electron chi connectivity index (χ0n) is 13.1. The van der Waals surface area contributed by atoms with Gasteiger partial charge in [-0.3, -0.25) is 0 Å². The van der Waals surface area contributed by atoms with Crippen LogP contribution >= 0.6 is 0 Å². The molecule has 0 unspecified atom stereocenters. The molecule has 4 rings (SSSR count). The zero-order chi connectivity index (χ0) is 16.7. The molecule has 2 atom stereocenters. The van der Waals surface area contributed by atoms with Crippen LogP contribution in [0.15, 0.2) is 52.3 Å². The van der Waals surface area contributed by atoms with E-state index in [2.05, 4.69) is 10.6 Å². The van der Waals surface area contributed by atoms with E-state index in [4.69, 9.17) is 0 Å². The highest BCUT2D eigenvalue weighted by Crippen LogP contribution is 2.41. The van der Waals surface area contributed by atoms with E-state index in [0.29, 0.717) is 12.0 Å². The molecule has 2 aromatic carbocycles. The lowest BCUT2D eigenvalue weighted by atomic mass is 9.91. The molecule has 1 saturated heterocycles. The van der Waals surface area contributed by atoms with Crippen LogP contribution in [0.3, 0.4) is 0 Å². The fourth-order valence-electron chi connectivity index (χ4n) is 3.70. The molecule has 0 amide bonds. The molecule has 0 spiro atoms. The minimum atomic E-state index is -3.71. The molecule has 0 aliphatic carbocycles. The number of hydrogen-bond donors (Lipinski definition) is 2. The minimum absolute atomic E-state index is 0.00695. The molecule has 2 N–H and O–H groups in total. The summed E-state index contributed by atoms with van der Waals surface area (Å²) < 4.78 is 39.0. The van der Waals surface area contributed by atoms with Crippen molar-refractivity contribution in [3.05, 3.63) is 53.8 Å². The lowest BCUT2D eigenvalue weighted by Crippen LogP contribution is -2.21. The SMILES string of the molecule is O=S(=O)(c1cccc(F)c1)c1ccc2c(c1)[C@@H]1CCNCC[C@@H]1N2. The fourth-order valence-corrected chi connectivity index (χ4v) is 5.03. The van der Waals surface area contributed by atoms with Gasteiger partial charge in [0.25, 0.3) is 0 Å². The molecule has 2 aliphatic heterocycles. The number of fused-ring (bicyclic) bond motifs is 3. The van der Waals surface area contributed by atoms with E-state index in [1.165, 1.54) is 18.2 Å². The molecule has 2 aliphatic rings. The van der Waals surface area contributed by atoms with Gasteiger partial charge in [-0.2, -0.15) is 0 Å². The Morgan fingerprint density at radius 2 is 1.79 bits per heavy atom. The van der Waals surface area contributed by atoms with Crippen molar-refractivity contribution in [3.63, 3.8) is 0 Å². The predicted octanol–water partition coefficient (Wildman–Crippen LogP) is 2.92. The molecule has 2 heterocycles. The van der Waals surface area contributed by atoms with Crippen molar-refractivity contribution in [3.8, 4) is 0 Å². The molecular formula is C18H19FN2O2S. The summed E-state index contributed by atoms with van der Waals surface area (Å²) in [5.41, 5.74) is 2.08. The molecular weight excluding hydrogens is 327 g/mol. The number of halogens is 1. The summed E-state index contributed by atoms with van der Waals surface area (Å²) in [5, 5.41) is 6.89. The highest BCUT2D eigenvalue weighted by atomic mass is 32.2. The first kappa shape index (κ1) is 15.6. The van der Waals surface area contributed by atoms with Gasteiger partial charge in [0, 0.05) is 17.6 Å². The lowest BCUT2D eigenvalue weighted by molar-refractivity contribution is 0.576. The highest BCUT2D eigenvalue weighted by molar-refractivity contribution is 7.91. The van der Waals surface area contributed by atoms with Gasteiger partial charge in [0.15, 0.2) is 0 Å². The van der Waals surface area contributed by atoms with Gasteiger partial charge >= 0.3 is 0 Å². The van der Waals surface area contributed by atoms with Gasteiger partial charge in [-0.1, -0.05) is 6.07 Å². The van der Waals surface area contributed by atoms with E-state index >= 15 is 0 Å². The summed E-state index contributed by atoms with van der Waals surface area (Å²) in [6.07, 6.45) is 2.00. The van der Waals surface area contributed by atoms with Crippen LogP contribution in [0, 0.1) is 5.82 Å². The Morgan fingerprint density at radius 3 is 2.62 bits per heavy atom. The second-order valence-electron chi connectivity index (χ2n) is 6.39. The third kappa shape index (κ3) is 2.59. The van der Waals surface area contributed by atoms with E-state index < -0.39 is 15.7 Å². The van der Waals surface area contributed by atoms with Gasteiger partial charge in [0.1, 0.15) is 5.82 Å². The van der Waals surface area contributed by atoms with Crippen molar-refractivity contribution in [2.24, 2.45) is 0 Å². The van der Waals surface area contributed by atoms with Crippen molar-refractivity contribution >= 4 is 15.5 Å². The number of sulfone groups is 1. The van der Waals surface area contributed by atoms with Gasteiger partial charge in [-0.05, 0) is 67.9 Å². The average molecular weight is 346 g/mol. The number of rotatable bonds is 2. The van der Waals surface area contributed by atoms with Crippen LogP contribution in [0.5, 0.6) is 0 Å². The topological polar surface area (TPSA) is 58.2 Å². The van der Waals surface area contributed by atoms with Crippen molar-refractivity contribution < 1.29 is 12.8 Å². The van der Waals surface area contributed by atoms with Crippen LogP contribution in [0.1, 0.15) is 24.3 Å². The summed E-state index contributed by atoms with van der Waals surface area (Å²) in [6.45, 7) is 1.90. The predicted molar refractivity (Wildman–Crippen MR) is 90.5 cm³/mol. The molecule has 24 heavy (non-hydrogen) atoms. The Balaban J connectivity index is 1.75. The minimum Gasteiger partial charge on any atom is -0.381 e. The summed E-state index contributed by atoms with van der Waals surface area (Å²) in [7, 11) is -3.71. The molecule has 126 valence electrons. The molecule has 0 radical (unpaired) electrons. The third-order valence-corrected chi connectivity index (χ3v) is 6.68. The van der Waals surface area contributed by atoms with Crippen LogP contribution in [0.2, 0.25) is 0 Å². The quantitative estimate of drug-likeness (QED) is 0.878. The van der Waals surface area contributed by atoms with Gasteiger partial charge < -0.3 is 10.6 Å². The summed E-state index contributed by atoms with van der Waals surface area (Å²) in [5.74, 6) is -0.230. The van der Waals surface area contributed by atoms with Crippen molar-refractivity contribution in [1.29, 1.82) is 0 Å². The Labute approximate surface area is 141 Å². The van der Waals surface area contributed by atoms with E-state index in [0.717, 1.165) is 43.2 Å². The van der Waals surface area contributed by atoms with Crippen LogP contribution in [0.4, 0.5) is 10.1 Å². The van der Waals surface area contributed by atoms with Crippen LogP contribution in [-0.2, 0) is 9.84 Å². The third-order valence-electron chi connectivity index (χ3n) is 4.93. The first-order valence-corrected chi connectivity index (χ1v) is 9.66. The Kier molecular flexibility index (Phi) is 3.81. The second-order valence-corrected chi connectivity index (χ2v) is 8.34. The van der Waals surface area contributed by atoms with Gasteiger partial charge in [0.2, 0.25) is 9.84 Å². The monoisotopic (exact) mass is 346 g/mol. The molecule has 0 aromatic heterocycles. The first-order valence-electron chi connectivity index (χ1n) is 8.17. The molecule has 0 saturated carbocycles. The van der Waals surface area contributed by atoms with E-state index in [-0.39, 0.29) is 9.79 Å². The summed E-state index contributed by atoms with van der Waals surface area (Å²) >= 11 is 0. The maximum Gasteiger partial charge on any atom is 0.206 e. The van der Waals surface area contributed by atoms with Gasteiger partial charge in [-0.15, -0.1) is 0 Å². The first-order chi connectivity index (χ1) is 11.6. The Bertz CT molecular complexity index is 882. The van der Waals surface area contributed by atoms with E-state index in [9.17, 15) is 12.8 Å². The second kappa shape index (κ2) is 5.86. The summed E-state index contributed by atoms with van der Waals surface area (Å²) in [6, 6.07) is 10.7. The fraction of sp³-hybridized carbons (Fsp3) is 0.333. The Morgan fingerprint density at radius 1 is 1.00 bits per heavy atom. The standard InChI is InChI=1S/C18H19FN2O2S/c19-12-2-1-3-13(10-12)24(22,23)14-4-5-17-16(11-14)15-6-8-20-9-7-18(15)21-17/h1-5,10-11,15,18,20-21H,6-9H2/t15-,18-/m0/s1. The van der Waals surface area contributed by atoms with Crippen LogP contribution < -0.4 is 10.6 Å². The normalized spacial score (nSPS) is 23.0. The lowest BCUT2D eigenvalue weighted by Gasteiger charge is -2.16. The van der Waals surface area contributed by atoms with Gasteiger partial charge in [-0.25, -0.2) is 12.8 Å². The van der Waals surface area contributed by atoms with Crippen molar-refractivity contribution in [2.45, 2.75) is 34.6 Å². The molecule has 4 nitrogen and oxygen atoms in total. The number of anilines is 1. The highest BCUT2D eigenvalue weighted by Gasteiger charge is 2.34. The molecule has 1 fully saturated rings. The molecule has 0 bridgehead atoms. The molecule has 2 aromatic rings. The van der Waals surface area contributed by atoms with Gasteiger partial charge in [0.05, 0.1) is 9.79 Å². The number of nitrogens with one attached hydrogen (secondary N) is 2. The van der Waals surface area contributed by atoms with Crippen molar-refractivity contribution in [2.75, 3.05) is 18.4 Å². The largest absolute Gasteiger partial charge is 0.381 e. The number of hydrogen-bond acceptors (Lipinski definition) is 4. The maximum atomic E-state index is 13.4. The van der Waals surface area contributed by atoms with Crippen LogP contribution in [0.25, 0.3) is 0 Å².